The van der Waals surface area contributed by atoms with Gasteiger partial charge in [0.2, 0.25) is 0 Å². The van der Waals surface area contributed by atoms with Crippen molar-refractivity contribution >= 4 is 11.3 Å². The number of thiazole rings is 1. The first-order valence-corrected chi connectivity index (χ1v) is 8.18. The second-order valence-corrected chi connectivity index (χ2v) is 6.03. The van der Waals surface area contributed by atoms with Crippen molar-refractivity contribution in [1.82, 2.24) is 29.8 Å². The molecule has 0 bridgehead atoms. The van der Waals surface area contributed by atoms with Crippen molar-refractivity contribution in [2.45, 2.75) is 6.54 Å². The van der Waals surface area contributed by atoms with Gasteiger partial charge >= 0.3 is 0 Å². The first kappa shape index (κ1) is 14.6. The summed E-state index contributed by atoms with van der Waals surface area (Å²) in [6.07, 6.45) is 7.45. The number of hydrogen-bond donors (Lipinski definition) is 0. The molecule has 4 rings (SSSR count). The smallest absolute Gasteiger partial charge is 0.145 e. The summed E-state index contributed by atoms with van der Waals surface area (Å²) in [7, 11) is 1.65. The summed E-state index contributed by atoms with van der Waals surface area (Å²) >= 11 is 1.55. The lowest BCUT2D eigenvalue weighted by Gasteiger charge is -2.04. The molecule has 3 heterocycles. The lowest BCUT2D eigenvalue weighted by atomic mass is 10.3. The summed E-state index contributed by atoms with van der Waals surface area (Å²) in [4.78, 5) is 4.24. The van der Waals surface area contributed by atoms with Crippen molar-refractivity contribution in [1.29, 1.82) is 0 Å². The maximum atomic E-state index is 5.25. The van der Waals surface area contributed by atoms with E-state index in [9.17, 15) is 0 Å². The molecule has 3 aromatic heterocycles. The molecule has 0 fully saturated rings. The molecule has 8 heteroatoms. The second kappa shape index (κ2) is 6.25. The number of hydrogen-bond acceptors (Lipinski definition) is 6. The van der Waals surface area contributed by atoms with Crippen LogP contribution in [-0.2, 0) is 6.54 Å². The van der Waals surface area contributed by atoms with Crippen LogP contribution in [0.5, 0.6) is 5.75 Å². The number of methoxy groups -OCH3 is 1. The Morgan fingerprint density at radius 2 is 2.21 bits per heavy atom. The number of rotatable bonds is 5. The van der Waals surface area contributed by atoms with Crippen LogP contribution < -0.4 is 4.74 Å². The molecule has 0 spiro atoms. The van der Waals surface area contributed by atoms with Gasteiger partial charge in [0.25, 0.3) is 0 Å². The molecule has 0 aliphatic carbocycles. The molecule has 0 unspecified atom stereocenters. The molecule has 0 N–H and O–H groups in total. The summed E-state index contributed by atoms with van der Waals surface area (Å²) in [5, 5.41) is 15.5. The molecular formula is C16H14N6OS. The molecule has 1 aromatic carbocycles. The normalized spacial score (nSPS) is 10.9. The topological polar surface area (TPSA) is 70.7 Å². The number of ether oxygens (including phenoxy) is 1. The van der Waals surface area contributed by atoms with Crippen LogP contribution in [0, 0.1) is 0 Å². The molecule has 0 aliphatic heterocycles. The van der Waals surface area contributed by atoms with E-state index in [4.69, 9.17) is 4.74 Å². The predicted molar refractivity (Wildman–Crippen MR) is 90.3 cm³/mol. The molecular weight excluding hydrogens is 324 g/mol. The van der Waals surface area contributed by atoms with Gasteiger partial charge in [-0.15, -0.1) is 16.4 Å². The van der Waals surface area contributed by atoms with E-state index in [1.165, 1.54) is 0 Å². The Hall–Kier alpha value is -3.00. The van der Waals surface area contributed by atoms with Crippen LogP contribution in [-0.4, -0.2) is 36.9 Å². The Labute approximate surface area is 142 Å². The minimum Gasteiger partial charge on any atom is -0.497 e. The fourth-order valence-electron chi connectivity index (χ4n) is 2.35. The maximum Gasteiger partial charge on any atom is 0.145 e. The lowest BCUT2D eigenvalue weighted by molar-refractivity contribution is 0.414. The zero-order valence-electron chi connectivity index (χ0n) is 12.9. The van der Waals surface area contributed by atoms with Crippen LogP contribution in [0.25, 0.3) is 16.4 Å². The lowest BCUT2D eigenvalue weighted by Crippen LogP contribution is -1.99. The SMILES string of the molecule is COc1cccc(-n2cc(Cn3cc(-c4nccs4)nn3)cn2)c1. The molecule has 0 atom stereocenters. The largest absolute Gasteiger partial charge is 0.497 e. The van der Waals surface area contributed by atoms with Crippen molar-refractivity contribution in [2.24, 2.45) is 0 Å². The van der Waals surface area contributed by atoms with Crippen LogP contribution in [0.4, 0.5) is 0 Å². The molecule has 0 aliphatic rings. The van der Waals surface area contributed by atoms with E-state index >= 15 is 0 Å². The Morgan fingerprint density at radius 1 is 1.25 bits per heavy atom. The van der Waals surface area contributed by atoms with Crippen LogP contribution >= 0.6 is 11.3 Å². The van der Waals surface area contributed by atoms with Gasteiger partial charge in [-0.05, 0) is 12.1 Å². The molecule has 0 amide bonds. The summed E-state index contributed by atoms with van der Waals surface area (Å²) in [6, 6.07) is 7.76. The number of nitrogens with zero attached hydrogens (tertiary/aromatic N) is 6. The predicted octanol–water partition coefficient (Wildman–Crippen LogP) is 2.64. The van der Waals surface area contributed by atoms with Gasteiger partial charge in [0.05, 0.1) is 31.7 Å². The fraction of sp³-hybridized carbons (Fsp3) is 0.125. The van der Waals surface area contributed by atoms with Crippen molar-refractivity contribution < 1.29 is 4.74 Å². The third kappa shape index (κ3) is 2.91. The number of benzene rings is 1. The third-order valence-electron chi connectivity index (χ3n) is 3.49. The summed E-state index contributed by atoms with van der Waals surface area (Å²) in [6.45, 7) is 0.600. The zero-order chi connectivity index (χ0) is 16.4. The highest BCUT2D eigenvalue weighted by atomic mass is 32.1. The van der Waals surface area contributed by atoms with Gasteiger partial charge in [0.1, 0.15) is 16.5 Å². The third-order valence-corrected chi connectivity index (χ3v) is 4.28. The number of aromatic nitrogens is 6. The highest BCUT2D eigenvalue weighted by Gasteiger charge is 2.08. The molecule has 4 aromatic rings. The van der Waals surface area contributed by atoms with Gasteiger partial charge in [-0.3, -0.25) is 0 Å². The van der Waals surface area contributed by atoms with E-state index < -0.39 is 0 Å². The second-order valence-electron chi connectivity index (χ2n) is 5.13. The first-order valence-electron chi connectivity index (χ1n) is 7.30. The monoisotopic (exact) mass is 338 g/mol. The zero-order valence-corrected chi connectivity index (χ0v) is 13.7. The van der Waals surface area contributed by atoms with Gasteiger partial charge in [-0.25, -0.2) is 14.3 Å². The van der Waals surface area contributed by atoms with E-state index in [0.29, 0.717) is 6.54 Å². The van der Waals surface area contributed by atoms with Crippen LogP contribution in [0.3, 0.4) is 0 Å². The van der Waals surface area contributed by atoms with Gasteiger partial charge in [-0.2, -0.15) is 5.10 Å². The van der Waals surface area contributed by atoms with Crippen molar-refractivity contribution in [3.8, 4) is 22.1 Å². The van der Waals surface area contributed by atoms with Crippen molar-refractivity contribution in [2.75, 3.05) is 7.11 Å². The highest BCUT2D eigenvalue weighted by Crippen LogP contribution is 2.19. The quantitative estimate of drug-likeness (QED) is 0.559. The van der Waals surface area contributed by atoms with E-state index in [0.717, 1.165) is 27.7 Å². The van der Waals surface area contributed by atoms with Gasteiger partial charge in [0, 0.05) is 29.4 Å². The maximum absolute atomic E-state index is 5.25. The minimum atomic E-state index is 0.600. The Bertz CT molecular complexity index is 943. The van der Waals surface area contributed by atoms with E-state index in [1.54, 1.807) is 29.3 Å². The van der Waals surface area contributed by atoms with E-state index in [-0.39, 0.29) is 0 Å². The molecule has 24 heavy (non-hydrogen) atoms. The van der Waals surface area contributed by atoms with Gasteiger partial charge in [0.15, 0.2) is 0 Å². The molecule has 0 radical (unpaired) electrons. The average molecular weight is 338 g/mol. The van der Waals surface area contributed by atoms with Crippen molar-refractivity contribution in [3.63, 3.8) is 0 Å². The van der Waals surface area contributed by atoms with E-state index in [1.807, 2.05) is 52.9 Å². The minimum absolute atomic E-state index is 0.600. The van der Waals surface area contributed by atoms with Crippen LogP contribution in [0.2, 0.25) is 0 Å². The first-order chi connectivity index (χ1) is 11.8. The van der Waals surface area contributed by atoms with Gasteiger partial charge < -0.3 is 4.74 Å². The van der Waals surface area contributed by atoms with Gasteiger partial charge in [-0.1, -0.05) is 11.3 Å². The van der Waals surface area contributed by atoms with E-state index in [2.05, 4.69) is 20.4 Å². The molecule has 0 saturated carbocycles. The van der Waals surface area contributed by atoms with Crippen molar-refractivity contribution in [3.05, 3.63) is 60.0 Å². The Morgan fingerprint density at radius 3 is 3.04 bits per heavy atom. The molecule has 0 saturated heterocycles. The average Bonchev–Trinajstić information content (AvgIpc) is 3.36. The molecule has 7 nitrogen and oxygen atoms in total. The van der Waals surface area contributed by atoms with Crippen LogP contribution in [0.15, 0.2) is 54.4 Å². The standard InChI is InChI=1S/C16H14N6OS/c1-23-14-4-2-3-13(7-14)22-10-12(8-18-22)9-21-11-15(19-20-21)16-17-5-6-24-16/h2-8,10-11H,9H2,1H3. The summed E-state index contributed by atoms with van der Waals surface area (Å²) in [5.74, 6) is 0.800. The summed E-state index contributed by atoms with van der Waals surface area (Å²) < 4.78 is 8.85. The summed E-state index contributed by atoms with van der Waals surface area (Å²) in [5.41, 5.74) is 2.77. The Kier molecular flexibility index (Phi) is 3.80. The van der Waals surface area contributed by atoms with Crippen LogP contribution in [0.1, 0.15) is 5.56 Å². The Balaban J connectivity index is 1.53. The molecule has 120 valence electrons. The fourth-order valence-corrected chi connectivity index (χ4v) is 2.93. The highest BCUT2D eigenvalue weighted by molar-refractivity contribution is 7.13.